The summed E-state index contributed by atoms with van der Waals surface area (Å²) in [5.41, 5.74) is 6.85. The van der Waals surface area contributed by atoms with Crippen molar-refractivity contribution in [2.45, 2.75) is 26.4 Å². The highest BCUT2D eigenvalue weighted by Crippen LogP contribution is 2.09. The van der Waals surface area contributed by atoms with Gasteiger partial charge in [-0.3, -0.25) is 9.59 Å². The number of benzene rings is 1. The minimum atomic E-state index is -0.623. The van der Waals surface area contributed by atoms with Crippen LogP contribution in [0.15, 0.2) is 30.3 Å². The number of hydrogen-bond acceptors (Lipinski definition) is 4. The molecular formula is C20H32ClN5O3. The maximum atomic E-state index is 12.6. The van der Waals surface area contributed by atoms with Gasteiger partial charge in [0.15, 0.2) is 0 Å². The zero-order valence-corrected chi connectivity index (χ0v) is 18.2. The lowest BCUT2D eigenvalue weighted by Crippen LogP contribution is -2.55. The van der Waals surface area contributed by atoms with Gasteiger partial charge >= 0.3 is 6.03 Å². The number of carbonyl (C=O) groups excluding carboxylic acids is 3. The number of carbonyl (C=O) groups is 3. The molecule has 162 valence electrons. The number of nitrogens with zero attached hydrogens (tertiary/aromatic N) is 3. The Balaban J connectivity index is 0.00000420. The minimum Gasteiger partial charge on any atom is -0.346 e. The minimum absolute atomic E-state index is 0. The third-order valence-corrected chi connectivity index (χ3v) is 4.93. The van der Waals surface area contributed by atoms with Crippen molar-refractivity contribution < 1.29 is 14.4 Å². The maximum absolute atomic E-state index is 12.6. The zero-order valence-electron chi connectivity index (χ0n) is 17.3. The topological polar surface area (TPSA) is 99.0 Å². The third kappa shape index (κ3) is 7.21. The summed E-state index contributed by atoms with van der Waals surface area (Å²) in [5.74, 6) is -0.466. The van der Waals surface area contributed by atoms with Crippen molar-refractivity contribution in [3.8, 4) is 0 Å². The van der Waals surface area contributed by atoms with Crippen molar-refractivity contribution in [3.63, 3.8) is 0 Å². The van der Waals surface area contributed by atoms with Gasteiger partial charge in [-0.1, -0.05) is 44.2 Å². The van der Waals surface area contributed by atoms with Gasteiger partial charge in [-0.2, -0.15) is 0 Å². The molecule has 29 heavy (non-hydrogen) atoms. The Morgan fingerprint density at radius 1 is 1.07 bits per heavy atom. The number of halogens is 1. The van der Waals surface area contributed by atoms with Crippen molar-refractivity contribution in [2.24, 2.45) is 11.7 Å². The highest BCUT2D eigenvalue weighted by Gasteiger charge is 2.26. The Bertz CT molecular complexity index is 678. The molecule has 1 aromatic carbocycles. The Labute approximate surface area is 178 Å². The molecule has 0 bridgehead atoms. The van der Waals surface area contributed by atoms with E-state index in [0.717, 1.165) is 5.56 Å². The Kier molecular flexibility index (Phi) is 9.91. The first-order chi connectivity index (χ1) is 13.3. The average Bonchev–Trinajstić information content (AvgIpc) is 2.71. The van der Waals surface area contributed by atoms with E-state index in [1.807, 2.05) is 44.2 Å². The SMILES string of the molecule is CC(C)[C@H](N)C(=O)NCC(=O)N1CCN(C(=O)N(C)Cc2ccccc2)CC1.Cl. The highest BCUT2D eigenvalue weighted by atomic mass is 35.5. The molecule has 1 saturated heterocycles. The Morgan fingerprint density at radius 3 is 2.17 bits per heavy atom. The Hall–Kier alpha value is -2.32. The predicted octanol–water partition coefficient (Wildman–Crippen LogP) is 0.904. The molecule has 0 radical (unpaired) electrons. The average molecular weight is 426 g/mol. The van der Waals surface area contributed by atoms with Crippen LogP contribution in [0.4, 0.5) is 4.79 Å². The van der Waals surface area contributed by atoms with Crippen LogP contribution in [0.2, 0.25) is 0 Å². The molecule has 1 atom stereocenters. The van der Waals surface area contributed by atoms with Crippen LogP contribution in [0.5, 0.6) is 0 Å². The first-order valence-electron chi connectivity index (χ1n) is 9.64. The van der Waals surface area contributed by atoms with E-state index in [1.165, 1.54) is 0 Å². The summed E-state index contributed by atoms with van der Waals surface area (Å²) in [6.45, 7) is 6.05. The van der Waals surface area contributed by atoms with Crippen molar-refractivity contribution in [1.82, 2.24) is 20.0 Å². The zero-order chi connectivity index (χ0) is 20.7. The maximum Gasteiger partial charge on any atom is 0.320 e. The number of amides is 4. The number of hydrogen-bond donors (Lipinski definition) is 2. The van der Waals surface area contributed by atoms with Crippen LogP contribution in [0.3, 0.4) is 0 Å². The van der Waals surface area contributed by atoms with E-state index in [2.05, 4.69) is 5.32 Å². The molecule has 0 saturated carbocycles. The van der Waals surface area contributed by atoms with Gasteiger partial charge in [0.05, 0.1) is 12.6 Å². The van der Waals surface area contributed by atoms with E-state index in [1.54, 1.807) is 21.7 Å². The normalized spacial score (nSPS) is 14.8. The summed E-state index contributed by atoms with van der Waals surface area (Å²) in [5, 5.41) is 2.60. The molecule has 8 nitrogen and oxygen atoms in total. The molecular weight excluding hydrogens is 394 g/mol. The lowest BCUT2D eigenvalue weighted by molar-refractivity contribution is -0.134. The molecule has 0 spiro atoms. The summed E-state index contributed by atoms with van der Waals surface area (Å²) < 4.78 is 0. The van der Waals surface area contributed by atoms with E-state index >= 15 is 0 Å². The molecule has 0 unspecified atom stereocenters. The molecule has 2 rings (SSSR count). The molecule has 1 fully saturated rings. The monoisotopic (exact) mass is 425 g/mol. The van der Waals surface area contributed by atoms with Crippen molar-refractivity contribution in [2.75, 3.05) is 39.8 Å². The van der Waals surface area contributed by atoms with Crippen LogP contribution >= 0.6 is 12.4 Å². The molecule has 0 aliphatic carbocycles. The van der Waals surface area contributed by atoms with Gasteiger partial charge in [-0.05, 0) is 11.5 Å². The van der Waals surface area contributed by atoms with E-state index in [4.69, 9.17) is 5.73 Å². The second-order valence-electron chi connectivity index (χ2n) is 7.48. The fraction of sp³-hybridized carbons (Fsp3) is 0.550. The summed E-state index contributed by atoms with van der Waals surface area (Å²) >= 11 is 0. The molecule has 0 aromatic heterocycles. The second kappa shape index (κ2) is 11.6. The molecule has 1 aromatic rings. The molecule has 4 amide bonds. The first kappa shape index (κ1) is 24.7. The van der Waals surface area contributed by atoms with E-state index in [0.29, 0.717) is 32.7 Å². The van der Waals surface area contributed by atoms with Crippen LogP contribution < -0.4 is 11.1 Å². The molecule has 1 heterocycles. The van der Waals surface area contributed by atoms with Gasteiger partial charge in [0.25, 0.3) is 0 Å². The molecule has 3 N–H and O–H groups in total. The van der Waals surface area contributed by atoms with E-state index in [9.17, 15) is 14.4 Å². The number of urea groups is 1. The fourth-order valence-electron chi connectivity index (χ4n) is 3.01. The van der Waals surface area contributed by atoms with Gasteiger partial charge in [0.2, 0.25) is 11.8 Å². The van der Waals surface area contributed by atoms with Gasteiger partial charge in [0.1, 0.15) is 0 Å². The van der Waals surface area contributed by atoms with Gasteiger partial charge in [-0.15, -0.1) is 12.4 Å². The summed E-state index contributed by atoms with van der Waals surface area (Å²) in [6, 6.07) is 9.14. The van der Waals surface area contributed by atoms with Gasteiger partial charge in [-0.25, -0.2) is 4.79 Å². The smallest absolute Gasteiger partial charge is 0.320 e. The largest absolute Gasteiger partial charge is 0.346 e. The lowest BCUT2D eigenvalue weighted by Gasteiger charge is -2.36. The summed E-state index contributed by atoms with van der Waals surface area (Å²) in [4.78, 5) is 41.9. The Morgan fingerprint density at radius 2 is 1.62 bits per heavy atom. The summed E-state index contributed by atoms with van der Waals surface area (Å²) in [6.07, 6.45) is 0. The molecule has 1 aliphatic heterocycles. The van der Waals surface area contributed by atoms with Crippen LogP contribution in [0, 0.1) is 5.92 Å². The van der Waals surface area contributed by atoms with Crippen molar-refractivity contribution >= 4 is 30.3 Å². The fourth-order valence-corrected chi connectivity index (χ4v) is 3.01. The van der Waals surface area contributed by atoms with Gasteiger partial charge in [0, 0.05) is 39.8 Å². The molecule has 9 heteroatoms. The lowest BCUT2D eigenvalue weighted by atomic mass is 10.1. The van der Waals surface area contributed by atoms with Crippen LogP contribution in [0.1, 0.15) is 19.4 Å². The third-order valence-electron chi connectivity index (χ3n) is 4.93. The van der Waals surface area contributed by atoms with Crippen LogP contribution in [-0.2, 0) is 16.1 Å². The van der Waals surface area contributed by atoms with Crippen molar-refractivity contribution in [1.29, 1.82) is 0 Å². The van der Waals surface area contributed by atoms with Crippen LogP contribution in [-0.4, -0.2) is 78.4 Å². The van der Waals surface area contributed by atoms with Crippen molar-refractivity contribution in [3.05, 3.63) is 35.9 Å². The summed E-state index contributed by atoms with van der Waals surface area (Å²) in [7, 11) is 1.78. The highest BCUT2D eigenvalue weighted by molar-refractivity contribution is 5.87. The number of piperazine rings is 1. The van der Waals surface area contributed by atoms with Crippen LogP contribution in [0.25, 0.3) is 0 Å². The molecule has 1 aliphatic rings. The number of nitrogens with two attached hydrogens (primary N) is 1. The van der Waals surface area contributed by atoms with E-state index in [-0.39, 0.29) is 42.7 Å². The quantitative estimate of drug-likeness (QED) is 0.707. The number of nitrogens with one attached hydrogen (secondary N) is 1. The predicted molar refractivity (Wildman–Crippen MR) is 115 cm³/mol. The first-order valence-corrected chi connectivity index (χ1v) is 9.64. The van der Waals surface area contributed by atoms with Gasteiger partial charge < -0.3 is 25.8 Å². The standard InChI is InChI=1S/C20H31N5O3.ClH/c1-15(2)18(21)19(27)22-13-17(26)24-9-11-25(12-10-24)20(28)23(3)14-16-7-5-4-6-8-16;/h4-8,15,18H,9-14,21H2,1-3H3,(H,22,27);1H/t18-;/m0./s1. The van der Waals surface area contributed by atoms with E-state index < -0.39 is 6.04 Å². The second-order valence-corrected chi connectivity index (χ2v) is 7.48. The number of rotatable bonds is 6.